The van der Waals surface area contributed by atoms with Crippen LogP contribution in [-0.2, 0) is 15.3 Å². The molecule has 0 spiro atoms. The largest absolute Gasteiger partial charge is 0.494 e. The smallest absolute Gasteiger partial charge is 0.316 e. The molecule has 0 atom stereocenters. The number of benzene rings is 1. The van der Waals surface area contributed by atoms with Crippen molar-refractivity contribution in [1.82, 2.24) is 9.72 Å². The highest BCUT2D eigenvalue weighted by Gasteiger charge is 2.18. The second kappa shape index (κ2) is 10.5. The maximum absolute atomic E-state index is 12.7. The minimum absolute atomic E-state index is 0.155. The summed E-state index contributed by atoms with van der Waals surface area (Å²) in [7, 11) is 0. The van der Waals surface area contributed by atoms with E-state index < -0.39 is 5.97 Å². The van der Waals surface area contributed by atoms with Gasteiger partial charge < -0.3 is 18.6 Å². The summed E-state index contributed by atoms with van der Waals surface area (Å²) in [6.07, 6.45) is 0. The Labute approximate surface area is 192 Å². The van der Waals surface area contributed by atoms with Crippen molar-refractivity contribution in [1.29, 1.82) is 0 Å². The van der Waals surface area contributed by atoms with Crippen LogP contribution in [0, 0.1) is 27.7 Å². The zero-order valence-electron chi connectivity index (χ0n) is 19.1. The summed E-state index contributed by atoms with van der Waals surface area (Å²) in [5.74, 6) is 1.67. The highest BCUT2D eigenvalue weighted by Crippen LogP contribution is 2.24. The number of hydrogen-bond acceptors (Lipinski definition) is 7. The lowest BCUT2D eigenvalue weighted by Gasteiger charge is -2.11. The topological polar surface area (TPSA) is 83.6 Å². The number of aryl methyl sites for hydroxylation is 3. The van der Waals surface area contributed by atoms with Crippen LogP contribution in [0.1, 0.15) is 45.7 Å². The van der Waals surface area contributed by atoms with E-state index in [1.807, 2.05) is 69.5 Å². The van der Waals surface area contributed by atoms with Crippen molar-refractivity contribution in [2.75, 3.05) is 19.0 Å². The molecule has 0 amide bonds. The molecule has 1 aromatic carbocycles. The lowest BCUT2D eigenvalue weighted by molar-refractivity contribution is -0.139. The zero-order valence-corrected chi connectivity index (χ0v) is 19.9. The minimum Gasteiger partial charge on any atom is -0.494 e. The summed E-state index contributed by atoms with van der Waals surface area (Å²) >= 11 is 1.41. The van der Waals surface area contributed by atoms with Crippen molar-refractivity contribution in [3.8, 4) is 11.4 Å². The molecule has 0 N–H and O–H groups in total. The first-order valence-electron chi connectivity index (χ1n) is 10.4. The maximum Gasteiger partial charge on any atom is 0.316 e. The average molecular weight is 457 g/mol. The SMILES string of the molecule is CCOc1ccc(-n2c(C)cc(C(=O)COC(=O)CSCc3c(C)noc3C)c2C)cc1. The molecule has 2 aromatic heterocycles. The molecule has 2 heterocycles. The fourth-order valence-corrected chi connectivity index (χ4v) is 4.48. The van der Waals surface area contributed by atoms with Crippen LogP contribution in [0.5, 0.6) is 5.75 Å². The summed E-state index contributed by atoms with van der Waals surface area (Å²) in [5.41, 5.74) is 5.03. The molecule has 8 heteroatoms. The van der Waals surface area contributed by atoms with E-state index in [-0.39, 0.29) is 18.1 Å². The van der Waals surface area contributed by atoms with E-state index in [0.29, 0.717) is 17.9 Å². The van der Waals surface area contributed by atoms with Crippen molar-refractivity contribution in [3.63, 3.8) is 0 Å². The van der Waals surface area contributed by atoms with E-state index in [0.717, 1.165) is 39.8 Å². The molecular formula is C24H28N2O5S. The summed E-state index contributed by atoms with van der Waals surface area (Å²) in [6, 6.07) is 9.54. The molecule has 0 aliphatic rings. The van der Waals surface area contributed by atoms with Crippen LogP contribution >= 0.6 is 11.8 Å². The molecule has 0 radical (unpaired) electrons. The van der Waals surface area contributed by atoms with E-state index in [1.54, 1.807) is 0 Å². The molecule has 0 saturated heterocycles. The Bertz CT molecular complexity index is 1080. The van der Waals surface area contributed by atoms with Gasteiger partial charge in [0.2, 0.25) is 5.78 Å². The molecule has 0 saturated carbocycles. The van der Waals surface area contributed by atoms with Gasteiger partial charge in [-0.3, -0.25) is 9.59 Å². The highest BCUT2D eigenvalue weighted by molar-refractivity contribution is 7.99. The van der Waals surface area contributed by atoms with Crippen LogP contribution in [0.3, 0.4) is 0 Å². The van der Waals surface area contributed by atoms with E-state index in [2.05, 4.69) is 5.16 Å². The Morgan fingerprint density at radius 3 is 2.47 bits per heavy atom. The number of rotatable bonds is 10. The fourth-order valence-electron chi connectivity index (χ4n) is 3.51. The summed E-state index contributed by atoms with van der Waals surface area (Å²) in [5, 5.41) is 3.90. The number of nitrogens with zero attached hydrogens (tertiary/aromatic N) is 2. The highest BCUT2D eigenvalue weighted by atomic mass is 32.2. The third kappa shape index (κ3) is 5.43. The molecule has 170 valence electrons. The molecule has 0 unspecified atom stereocenters. The standard InChI is InChI=1S/C24H28N2O5S/c1-6-29-20-9-7-19(8-10-20)26-15(2)11-21(17(26)4)23(27)12-30-24(28)14-32-13-22-16(3)25-31-18(22)5/h7-11H,6,12-14H2,1-5H3. The molecule has 3 rings (SSSR count). The van der Waals surface area contributed by atoms with E-state index in [1.165, 1.54) is 11.8 Å². The van der Waals surface area contributed by atoms with Gasteiger partial charge in [0.25, 0.3) is 0 Å². The summed E-state index contributed by atoms with van der Waals surface area (Å²) in [6.45, 7) is 9.81. The van der Waals surface area contributed by atoms with Gasteiger partial charge in [0, 0.05) is 34.0 Å². The molecule has 0 fully saturated rings. The number of ketones is 1. The summed E-state index contributed by atoms with van der Waals surface area (Å²) < 4.78 is 17.8. The second-order valence-electron chi connectivity index (χ2n) is 7.43. The molecule has 0 bridgehead atoms. The fraction of sp³-hybridized carbons (Fsp3) is 0.375. The van der Waals surface area contributed by atoms with Gasteiger partial charge in [-0.2, -0.15) is 0 Å². The number of carbonyl (C=O) groups is 2. The van der Waals surface area contributed by atoms with Gasteiger partial charge in [-0.1, -0.05) is 5.16 Å². The first-order chi connectivity index (χ1) is 15.3. The van der Waals surface area contributed by atoms with Crippen LogP contribution in [0.15, 0.2) is 34.9 Å². The third-order valence-electron chi connectivity index (χ3n) is 5.15. The van der Waals surface area contributed by atoms with Gasteiger partial charge >= 0.3 is 5.97 Å². The Hall–Kier alpha value is -3.00. The van der Waals surface area contributed by atoms with Gasteiger partial charge in [-0.25, -0.2) is 0 Å². The molecule has 32 heavy (non-hydrogen) atoms. The molecular weight excluding hydrogens is 428 g/mol. The van der Waals surface area contributed by atoms with Gasteiger partial charge in [-0.15, -0.1) is 11.8 Å². The van der Waals surface area contributed by atoms with Crippen molar-refractivity contribution < 1.29 is 23.6 Å². The molecule has 7 nitrogen and oxygen atoms in total. The summed E-state index contributed by atoms with van der Waals surface area (Å²) in [4.78, 5) is 24.8. The minimum atomic E-state index is -0.421. The van der Waals surface area contributed by atoms with E-state index in [4.69, 9.17) is 14.0 Å². The van der Waals surface area contributed by atoms with E-state index in [9.17, 15) is 9.59 Å². The van der Waals surface area contributed by atoms with Crippen LogP contribution in [0.4, 0.5) is 0 Å². The van der Waals surface area contributed by atoms with Crippen LogP contribution < -0.4 is 4.74 Å². The third-order valence-corrected chi connectivity index (χ3v) is 6.08. The van der Waals surface area contributed by atoms with Gasteiger partial charge in [0.1, 0.15) is 11.5 Å². The molecule has 0 aliphatic carbocycles. The number of hydrogen-bond donors (Lipinski definition) is 0. The van der Waals surface area contributed by atoms with Crippen molar-refractivity contribution in [2.24, 2.45) is 0 Å². The lowest BCUT2D eigenvalue weighted by Crippen LogP contribution is -2.16. The Balaban J connectivity index is 1.57. The molecule has 3 aromatic rings. The number of ether oxygens (including phenoxy) is 2. The first kappa shape index (κ1) is 23.7. The number of thioether (sulfide) groups is 1. The number of esters is 1. The number of carbonyl (C=O) groups excluding carboxylic acids is 2. The first-order valence-corrected chi connectivity index (χ1v) is 11.6. The van der Waals surface area contributed by atoms with Crippen molar-refractivity contribution in [2.45, 2.75) is 40.4 Å². The average Bonchev–Trinajstić information content (AvgIpc) is 3.25. The Kier molecular flexibility index (Phi) is 7.80. The number of aromatic nitrogens is 2. The Morgan fingerprint density at radius 2 is 1.84 bits per heavy atom. The predicted molar refractivity (Wildman–Crippen MR) is 124 cm³/mol. The monoisotopic (exact) mass is 456 g/mol. The number of Topliss-reactive ketones (excluding diaryl/α,β-unsaturated/α-hetero) is 1. The Morgan fingerprint density at radius 1 is 1.12 bits per heavy atom. The van der Waals surface area contributed by atoms with Gasteiger partial charge in [-0.05, 0) is 65.0 Å². The normalized spacial score (nSPS) is 10.9. The quantitative estimate of drug-likeness (QED) is 0.321. The van der Waals surface area contributed by atoms with Crippen LogP contribution in [0.25, 0.3) is 5.69 Å². The van der Waals surface area contributed by atoms with Crippen LogP contribution in [-0.4, -0.2) is 40.4 Å². The predicted octanol–water partition coefficient (Wildman–Crippen LogP) is 4.76. The van der Waals surface area contributed by atoms with Gasteiger partial charge in [0.05, 0.1) is 18.1 Å². The zero-order chi connectivity index (χ0) is 23.3. The lowest BCUT2D eigenvalue weighted by atomic mass is 10.1. The molecule has 0 aliphatic heterocycles. The maximum atomic E-state index is 12.7. The van der Waals surface area contributed by atoms with Crippen molar-refractivity contribution in [3.05, 3.63) is 64.3 Å². The van der Waals surface area contributed by atoms with Crippen molar-refractivity contribution >= 4 is 23.5 Å². The van der Waals surface area contributed by atoms with E-state index >= 15 is 0 Å². The van der Waals surface area contributed by atoms with Crippen LogP contribution in [0.2, 0.25) is 0 Å². The second-order valence-corrected chi connectivity index (χ2v) is 8.41. The van der Waals surface area contributed by atoms with Gasteiger partial charge in [0.15, 0.2) is 6.61 Å².